The molecule has 0 unspecified atom stereocenters. The monoisotopic (exact) mass is 434 g/mol. The fraction of sp³-hybridized carbons (Fsp3) is 0.0455. The van der Waals surface area contributed by atoms with Crippen LogP contribution in [0.2, 0.25) is 0 Å². The van der Waals surface area contributed by atoms with Crippen molar-refractivity contribution >= 4 is 50.3 Å². The lowest BCUT2D eigenvalue weighted by Crippen LogP contribution is -2.14. The first-order valence-corrected chi connectivity index (χ1v) is 9.16. The first-order valence-electron chi connectivity index (χ1n) is 8.37. The van der Waals surface area contributed by atoms with Gasteiger partial charge in [-0.15, -0.1) is 0 Å². The lowest BCUT2D eigenvalue weighted by Gasteiger charge is -2.09. The van der Waals surface area contributed by atoms with Crippen LogP contribution in [0, 0.1) is 11.3 Å². The lowest BCUT2D eigenvalue weighted by molar-refractivity contribution is -0.131. The van der Waals surface area contributed by atoms with Crippen LogP contribution in [0.15, 0.2) is 70.7 Å². The molecule has 3 rings (SSSR count). The highest BCUT2D eigenvalue weighted by Gasteiger charge is 2.13. The molecule has 1 amide bonds. The average molecular weight is 435 g/mol. The molecule has 138 valence electrons. The molecule has 0 atom stereocenters. The summed E-state index contributed by atoms with van der Waals surface area (Å²) in [6, 6.07) is 20.1. The Balaban J connectivity index is 1.95. The van der Waals surface area contributed by atoms with Gasteiger partial charge in [0.05, 0.1) is 0 Å². The Morgan fingerprint density at radius 1 is 1.11 bits per heavy atom. The Hall–Kier alpha value is -3.43. The molecule has 0 saturated heterocycles. The normalized spacial score (nSPS) is 11.0. The van der Waals surface area contributed by atoms with E-state index in [-0.39, 0.29) is 11.3 Å². The zero-order valence-electron chi connectivity index (χ0n) is 14.9. The Morgan fingerprint density at radius 2 is 1.86 bits per heavy atom. The van der Waals surface area contributed by atoms with Gasteiger partial charge in [0, 0.05) is 28.0 Å². The maximum absolute atomic E-state index is 12.7. The third-order valence-electron chi connectivity index (χ3n) is 3.93. The van der Waals surface area contributed by atoms with Crippen molar-refractivity contribution in [3.8, 4) is 11.8 Å². The number of amides is 1. The summed E-state index contributed by atoms with van der Waals surface area (Å²) >= 11 is 3.34. The minimum absolute atomic E-state index is 0.112. The van der Waals surface area contributed by atoms with Gasteiger partial charge in [-0.3, -0.25) is 9.59 Å². The van der Waals surface area contributed by atoms with Gasteiger partial charge in [-0.2, -0.15) is 5.26 Å². The van der Waals surface area contributed by atoms with Gasteiger partial charge in [0.25, 0.3) is 5.91 Å². The van der Waals surface area contributed by atoms with Crippen LogP contribution in [0.25, 0.3) is 16.8 Å². The molecule has 0 spiro atoms. The molecule has 0 aliphatic heterocycles. The van der Waals surface area contributed by atoms with Crippen molar-refractivity contribution in [1.29, 1.82) is 5.26 Å². The highest BCUT2D eigenvalue weighted by molar-refractivity contribution is 9.10. The predicted octanol–water partition coefficient (Wildman–Crippen LogP) is 5.07. The molecule has 0 aliphatic rings. The summed E-state index contributed by atoms with van der Waals surface area (Å²) in [6.45, 7) is 1.29. The minimum atomic E-state index is -0.549. The number of anilines is 1. The van der Waals surface area contributed by atoms with Crippen LogP contribution in [0.4, 0.5) is 5.69 Å². The van der Waals surface area contributed by atoms with E-state index in [0.29, 0.717) is 11.3 Å². The molecule has 6 heteroatoms. The molecule has 3 aromatic carbocycles. The van der Waals surface area contributed by atoms with Crippen LogP contribution in [-0.4, -0.2) is 11.9 Å². The van der Waals surface area contributed by atoms with Crippen LogP contribution >= 0.6 is 15.9 Å². The van der Waals surface area contributed by atoms with Gasteiger partial charge in [-0.05, 0) is 35.7 Å². The molecule has 0 aromatic heterocycles. The second kappa shape index (κ2) is 8.51. The number of rotatable bonds is 4. The Bertz CT molecular complexity index is 1140. The van der Waals surface area contributed by atoms with Crippen molar-refractivity contribution in [2.45, 2.75) is 6.92 Å². The number of carbonyl (C=O) groups is 2. The van der Waals surface area contributed by atoms with Crippen molar-refractivity contribution in [3.63, 3.8) is 0 Å². The number of nitrogens with zero attached hydrogens (tertiary/aromatic N) is 1. The van der Waals surface area contributed by atoms with Crippen molar-refractivity contribution in [2.24, 2.45) is 0 Å². The van der Waals surface area contributed by atoms with E-state index >= 15 is 0 Å². The van der Waals surface area contributed by atoms with Gasteiger partial charge < -0.3 is 10.1 Å². The number of nitrogens with one attached hydrogen (secondary N) is 1. The third-order valence-corrected chi connectivity index (χ3v) is 4.42. The SMILES string of the molecule is CC(=O)Oc1ccc(Br)cc1/C=C(\C#N)C(=O)Nc1cccc2ccccc12. The average Bonchev–Trinajstić information content (AvgIpc) is 2.68. The van der Waals surface area contributed by atoms with Gasteiger partial charge >= 0.3 is 5.97 Å². The minimum Gasteiger partial charge on any atom is -0.426 e. The number of benzene rings is 3. The molecule has 0 bridgehead atoms. The fourth-order valence-corrected chi connectivity index (χ4v) is 3.09. The topological polar surface area (TPSA) is 79.2 Å². The Kier molecular flexibility index (Phi) is 5.87. The molecule has 5 nitrogen and oxygen atoms in total. The zero-order valence-corrected chi connectivity index (χ0v) is 16.5. The number of esters is 1. The maximum atomic E-state index is 12.7. The highest BCUT2D eigenvalue weighted by Crippen LogP contribution is 2.27. The smallest absolute Gasteiger partial charge is 0.308 e. The number of hydrogen-bond donors (Lipinski definition) is 1. The quantitative estimate of drug-likeness (QED) is 0.269. The summed E-state index contributed by atoms with van der Waals surface area (Å²) in [4.78, 5) is 24.0. The number of carbonyl (C=O) groups excluding carboxylic acids is 2. The van der Waals surface area contributed by atoms with E-state index in [1.165, 1.54) is 13.0 Å². The summed E-state index contributed by atoms with van der Waals surface area (Å²) in [5.74, 6) is -0.773. The van der Waals surface area contributed by atoms with Gasteiger partial charge in [-0.25, -0.2) is 0 Å². The molecular formula is C22H15BrN2O3. The largest absolute Gasteiger partial charge is 0.426 e. The number of ether oxygens (including phenoxy) is 1. The van der Waals surface area contributed by atoms with Crippen molar-refractivity contribution < 1.29 is 14.3 Å². The maximum Gasteiger partial charge on any atom is 0.308 e. The first kappa shape index (κ1) is 19.3. The second-order valence-corrected chi connectivity index (χ2v) is 6.84. The molecule has 0 fully saturated rings. The molecular weight excluding hydrogens is 420 g/mol. The summed E-state index contributed by atoms with van der Waals surface area (Å²) < 4.78 is 5.88. The zero-order chi connectivity index (χ0) is 20.1. The third kappa shape index (κ3) is 4.45. The van der Waals surface area contributed by atoms with Crippen LogP contribution < -0.4 is 10.1 Å². The number of hydrogen-bond acceptors (Lipinski definition) is 4. The standard InChI is InChI=1S/C22H15BrN2O3/c1-14(26)28-21-10-9-18(23)12-16(21)11-17(13-24)22(27)25-20-8-4-6-15-5-2-3-7-19(15)20/h2-12H,1H3,(H,25,27)/b17-11+. The fourth-order valence-electron chi connectivity index (χ4n) is 2.71. The first-order chi connectivity index (χ1) is 13.5. The summed E-state index contributed by atoms with van der Waals surface area (Å²) in [5.41, 5.74) is 0.937. The van der Waals surface area contributed by atoms with Gasteiger partial charge in [0.1, 0.15) is 17.4 Å². The molecule has 0 aliphatic carbocycles. The van der Waals surface area contributed by atoms with Crippen molar-refractivity contribution in [3.05, 3.63) is 76.3 Å². The lowest BCUT2D eigenvalue weighted by atomic mass is 10.1. The number of halogens is 1. The molecule has 28 heavy (non-hydrogen) atoms. The van der Waals surface area contributed by atoms with E-state index in [2.05, 4.69) is 21.2 Å². The van der Waals surface area contributed by atoms with Crippen molar-refractivity contribution in [1.82, 2.24) is 0 Å². The summed E-state index contributed by atoms with van der Waals surface area (Å²) in [6.07, 6.45) is 1.39. The van der Waals surface area contributed by atoms with Crippen molar-refractivity contribution in [2.75, 3.05) is 5.32 Å². The van der Waals surface area contributed by atoms with Crippen LogP contribution in [0.1, 0.15) is 12.5 Å². The molecule has 1 N–H and O–H groups in total. The van der Waals surface area contributed by atoms with Gasteiger partial charge in [0.15, 0.2) is 0 Å². The number of nitriles is 1. The Labute approximate surface area is 170 Å². The predicted molar refractivity (Wildman–Crippen MR) is 112 cm³/mol. The summed E-state index contributed by atoms with van der Waals surface area (Å²) in [5, 5.41) is 14.1. The number of fused-ring (bicyclic) bond motifs is 1. The van der Waals surface area contributed by atoms with E-state index in [1.54, 1.807) is 24.3 Å². The van der Waals surface area contributed by atoms with E-state index in [1.807, 2.05) is 42.5 Å². The van der Waals surface area contributed by atoms with Gasteiger partial charge in [0.2, 0.25) is 0 Å². The molecule has 0 saturated carbocycles. The highest BCUT2D eigenvalue weighted by atomic mass is 79.9. The van der Waals surface area contributed by atoms with E-state index < -0.39 is 11.9 Å². The van der Waals surface area contributed by atoms with E-state index in [4.69, 9.17) is 4.74 Å². The summed E-state index contributed by atoms with van der Waals surface area (Å²) in [7, 11) is 0. The van der Waals surface area contributed by atoms with Crippen LogP contribution in [0.5, 0.6) is 5.75 Å². The van der Waals surface area contributed by atoms with Crippen LogP contribution in [-0.2, 0) is 9.59 Å². The van der Waals surface area contributed by atoms with E-state index in [9.17, 15) is 14.9 Å². The molecule has 0 heterocycles. The molecule has 0 radical (unpaired) electrons. The second-order valence-electron chi connectivity index (χ2n) is 5.93. The Morgan fingerprint density at radius 3 is 2.61 bits per heavy atom. The van der Waals surface area contributed by atoms with Gasteiger partial charge in [-0.1, -0.05) is 52.3 Å². The van der Waals surface area contributed by atoms with E-state index in [0.717, 1.165) is 15.2 Å². The van der Waals surface area contributed by atoms with Crippen LogP contribution in [0.3, 0.4) is 0 Å². The molecule has 3 aromatic rings.